The molecule has 3 aliphatic rings. The Bertz CT molecular complexity index is 1490. The number of aromatic nitrogens is 2. The van der Waals surface area contributed by atoms with E-state index in [0.717, 1.165) is 17.0 Å². The van der Waals surface area contributed by atoms with Gasteiger partial charge in [0.25, 0.3) is 5.92 Å². The third-order valence-electron chi connectivity index (χ3n) is 8.05. The third-order valence-corrected chi connectivity index (χ3v) is 10.3. The number of amides is 2. The molecule has 1 aromatic carbocycles. The highest BCUT2D eigenvalue weighted by atomic mass is 32.2. The van der Waals surface area contributed by atoms with Crippen molar-refractivity contribution in [1.82, 2.24) is 20.0 Å². The van der Waals surface area contributed by atoms with Crippen LogP contribution in [0.25, 0.3) is 11.1 Å². The summed E-state index contributed by atoms with van der Waals surface area (Å²) in [5, 5.41) is 5.20. The zero-order valence-corrected chi connectivity index (χ0v) is 22.8. The Morgan fingerprint density at radius 1 is 1.15 bits per heavy atom. The number of alkyl halides is 5. The minimum Gasteiger partial charge on any atom is -0.349 e. The van der Waals surface area contributed by atoms with E-state index in [9.17, 15) is 40.0 Å². The average Bonchev–Trinajstić information content (AvgIpc) is 3.26. The first-order valence-corrected chi connectivity index (χ1v) is 14.5. The van der Waals surface area contributed by atoms with Crippen molar-refractivity contribution in [2.45, 2.75) is 53.5 Å². The smallest absolute Gasteiger partial charge is 0.349 e. The van der Waals surface area contributed by atoms with Crippen molar-refractivity contribution < 1.29 is 40.0 Å². The second-order valence-electron chi connectivity index (χ2n) is 11.2. The van der Waals surface area contributed by atoms with Crippen molar-refractivity contribution in [3.63, 3.8) is 0 Å². The highest BCUT2D eigenvalue weighted by molar-refractivity contribution is 7.92. The van der Waals surface area contributed by atoms with Crippen molar-refractivity contribution in [2.24, 2.45) is 23.9 Å². The molecule has 2 amide bonds. The maximum Gasteiger partial charge on any atom is 0.417 e. The predicted molar refractivity (Wildman–Crippen MR) is 137 cm³/mol. The molecule has 1 aromatic heterocycles. The van der Waals surface area contributed by atoms with Crippen LogP contribution in [0.4, 0.5) is 22.0 Å². The number of nitrogens with zero attached hydrogens (tertiary/aromatic N) is 4. The van der Waals surface area contributed by atoms with Crippen LogP contribution in [-0.2, 0) is 32.7 Å². The highest BCUT2D eigenvalue weighted by Crippen LogP contribution is 2.45. The summed E-state index contributed by atoms with van der Waals surface area (Å²) in [4.78, 5) is 30.2. The molecule has 15 heteroatoms. The van der Waals surface area contributed by atoms with E-state index in [4.69, 9.17) is 0 Å². The summed E-state index contributed by atoms with van der Waals surface area (Å²) in [7, 11) is -3.14. The average molecular weight is 602 g/mol. The second-order valence-corrected chi connectivity index (χ2v) is 13.4. The van der Waals surface area contributed by atoms with Crippen molar-refractivity contribution in [3.05, 3.63) is 36.2 Å². The fourth-order valence-corrected chi connectivity index (χ4v) is 7.70. The van der Waals surface area contributed by atoms with Gasteiger partial charge in [0.05, 0.1) is 58.9 Å². The van der Waals surface area contributed by atoms with Crippen LogP contribution in [0.1, 0.15) is 31.2 Å². The summed E-state index contributed by atoms with van der Waals surface area (Å²) >= 11 is 0. The highest BCUT2D eigenvalue weighted by Gasteiger charge is 2.55. The van der Waals surface area contributed by atoms with Gasteiger partial charge in [-0.15, -0.1) is 0 Å². The van der Waals surface area contributed by atoms with Crippen LogP contribution < -0.4 is 5.32 Å². The lowest BCUT2D eigenvalue weighted by Crippen LogP contribution is -2.60. The lowest BCUT2D eigenvalue weighted by Gasteiger charge is -2.40. The number of carbonyl (C=O) groups is 2. The number of rotatable bonds is 8. The molecule has 5 rings (SSSR count). The van der Waals surface area contributed by atoms with Gasteiger partial charge in [0.1, 0.15) is 0 Å². The standard InChI is InChI=1S/C26H28F5N5O4S/c1-32-12-24(5-6-24)34-22(37)18-8-17(9-19(18)23(38)36-13-25(27,28)14-36)41(39,40)21-4-3-15(7-20(21)26(29,30)31)16-10-33-35(2)11-16/h3-4,7,10-11,17-19H,1,5-6,8-9,12-14H2,2H3,(H,34,37). The number of hydrogen-bond acceptors (Lipinski definition) is 6. The largest absolute Gasteiger partial charge is 0.417 e. The van der Waals surface area contributed by atoms with Crippen molar-refractivity contribution in [1.29, 1.82) is 0 Å². The minimum absolute atomic E-state index is 0.102. The van der Waals surface area contributed by atoms with Gasteiger partial charge in [0.2, 0.25) is 11.8 Å². The van der Waals surface area contributed by atoms with E-state index < -0.39 is 92.8 Å². The number of carbonyl (C=O) groups excluding carboxylic acids is 2. The number of hydrogen-bond donors (Lipinski definition) is 1. The van der Waals surface area contributed by atoms with Gasteiger partial charge in [-0.05, 0) is 50.1 Å². The van der Waals surface area contributed by atoms with E-state index in [1.54, 1.807) is 7.05 Å². The van der Waals surface area contributed by atoms with Crippen molar-refractivity contribution in [3.8, 4) is 11.1 Å². The second kappa shape index (κ2) is 9.88. The summed E-state index contributed by atoms with van der Waals surface area (Å²) in [6.07, 6.45) is -1.96. The van der Waals surface area contributed by atoms with Crippen LogP contribution in [0.2, 0.25) is 0 Å². The van der Waals surface area contributed by atoms with Crippen LogP contribution in [-0.4, -0.2) is 78.0 Å². The van der Waals surface area contributed by atoms with Gasteiger partial charge in [-0.1, -0.05) is 6.07 Å². The van der Waals surface area contributed by atoms with Gasteiger partial charge in [0.15, 0.2) is 9.84 Å². The lowest BCUT2D eigenvalue weighted by molar-refractivity contribution is -0.171. The fourth-order valence-electron chi connectivity index (χ4n) is 5.68. The molecule has 41 heavy (non-hydrogen) atoms. The van der Waals surface area contributed by atoms with Gasteiger partial charge in [-0.3, -0.25) is 19.3 Å². The maximum absolute atomic E-state index is 14.2. The number of nitrogens with one attached hydrogen (secondary N) is 1. The van der Waals surface area contributed by atoms with E-state index >= 15 is 0 Å². The normalized spacial score (nSPS) is 24.9. The van der Waals surface area contributed by atoms with Crippen molar-refractivity contribution >= 4 is 28.4 Å². The van der Waals surface area contributed by atoms with E-state index in [-0.39, 0.29) is 12.1 Å². The summed E-state index contributed by atoms with van der Waals surface area (Å²) in [6, 6.07) is 2.84. The Morgan fingerprint density at radius 2 is 1.80 bits per heavy atom. The molecule has 2 aliphatic carbocycles. The predicted octanol–water partition coefficient (Wildman–Crippen LogP) is 3.10. The topological polar surface area (TPSA) is 114 Å². The van der Waals surface area contributed by atoms with Crippen LogP contribution in [0.15, 0.2) is 40.5 Å². The molecular weight excluding hydrogens is 573 g/mol. The summed E-state index contributed by atoms with van der Waals surface area (Å²) in [6.45, 7) is 1.87. The van der Waals surface area contributed by atoms with E-state index in [1.165, 1.54) is 23.1 Å². The number of sulfone groups is 1. The lowest BCUT2D eigenvalue weighted by atomic mass is 9.92. The molecule has 3 unspecified atom stereocenters. The SMILES string of the molecule is C=NCC1(NC(=O)C2CC(S(=O)(=O)c3ccc(-c4cnn(C)c4)cc3C(F)(F)F)CC2C(=O)N2CC(F)(F)C2)CC1. The zero-order valence-electron chi connectivity index (χ0n) is 22.0. The molecular formula is C26H28F5N5O4S. The summed E-state index contributed by atoms with van der Waals surface area (Å²) in [5.41, 5.74) is -1.62. The Labute approximate surface area is 232 Å². The molecule has 1 aliphatic heterocycles. The molecule has 3 atom stereocenters. The van der Waals surface area contributed by atoms with Gasteiger partial charge in [-0.2, -0.15) is 18.3 Å². The monoisotopic (exact) mass is 601 g/mol. The Morgan fingerprint density at radius 3 is 2.34 bits per heavy atom. The molecule has 0 spiro atoms. The molecule has 222 valence electrons. The quantitative estimate of drug-likeness (QED) is 0.369. The molecule has 0 bridgehead atoms. The first-order chi connectivity index (χ1) is 19.1. The Balaban J connectivity index is 1.47. The van der Waals surface area contributed by atoms with E-state index in [0.29, 0.717) is 18.4 Å². The molecule has 2 saturated carbocycles. The molecule has 9 nitrogen and oxygen atoms in total. The van der Waals surface area contributed by atoms with E-state index in [1.807, 2.05) is 0 Å². The van der Waals surface area contributed by atoms with Crippen molar-refractivity contribution in [2.75, 3.05) is 19.6 Å². The van der Waals surface area contributed by atoms with Crippen LogP contribution in [0, 0.1) is 11.8 Å². The maximum atomic E-state index is 14.2. The zero-order chi connectivity index (χ0) is 30.0. The first-order valence-electron chi connectivity index (χ1n) is 12.9. The first kappa shape index (κ1) is 29.1. The minimum atomic E-state index is -5.04. The van der Waals surface area contributed by atoms with Crippen LogP contribution in [0.3, 0.4) is 0 Å². The Kier molecular flexibility index (Phi) is 7.02. The third kappa shape index (κ3) is 5.60. The molecule has 3 fully saturated rings. The number of likely N-dealkylation sites (tertiary alicyclic amines) is 1. The van der Waals surface area contributed by atoms with Gasteiger partial charge < -0.3 is 10.2 Å². The molecule has 2 aromatic rings. The fraction of sp³-hybridized carbons (Fsp3) is 0.538. The number of benzene rings is 1. The summed E-state index contributed by atoms with van der Waals surface area (Å²) < 4.78 is 98.4. The Hall–Kier alpha value is -3.36. The number of aliphatic imine (C=N–C) groups is 1. The number of halogens is 5. The van der Waals surface area contributed by atoms with Gasteiger partial charge in [-0.25, -0.2) is 17.2 Å². The molecule has 1 N–H and O–H groups in total. The van der Waals surface area contributed by atoms with Gasteiger partial charge in [0, 0.05) is 18.8 Å². The molecule has 2 heterocycles. The van der Waals surface area contributed by atoms with Crippen LogP contribution >= 0.6 is 0 Å². The van der Waals surface area contributed by atoms with Gasteiger partial charge >= 0.3 is 6.18 Å². The molecule has 1 saturated heterocycles. The molecule has 0 radical (unpaired) electrons. The summed E-state index contributed by atoms with van der Waals surface area (Å²) in [5.74, 6) is -7.09. The number of aryl methyl sites for hydroxylation is 1. The van der Waals surface area contributed by atoms with Crippen LogP contribution in [0.5, 0.6) is 0 Å². The van der Waals surface area contributed by atoms with E-state index in [2.05, 4.69) is 22.1 Å².